The highest BCUT2D eigenvalue weighted by Gasteiger charge is 2.22. The van der Waals surface area contributed by atoms with Crippen LogP contribution in [0, 0.1) is 18.3 Å². The summed E-state index contributed by atoms with van der Waals surface area (Å²) in [6.07, 6.45) is 2.42. The molecule has 1 N–H and O–H groups in total. The number of benzene rings is 2. The summed E-state index contributed by atoms with van der Waals surface area (Å²) in [6.45, 7) is 6.17. The second-order valence-electron chi connectivity index (χ2n) is 6.60. The lowest BCUT2D eigenvalue weighted by molar-refractivity contribution is -0.112. The summed E-state index contributed by atoms with van der Waals surface area (Å²) in [5.74, 6) is 0.870. The Hall–Kier alpha value is -2.97. The second-order valence-corrected chi connectivity index (χ2v) is 7.01. The van der Waals surface area contributed by atoms with Crippen molar-refractivity contribution in [2.24, 2.45) is 0 Å². The van der Waals surface area contributed by atoms with Crippen LogP contribution in [0.3, 0.4) is 0 Å². The highest BCUT2D eigenvalue weighted by atomic mass is 35.5. The molecular formula is C22H21ClN2O3. The molecule has 28 heavy (non-hydrogen) atoms. The summed E-state index contributed by atoms with van der Waals surface area (Å²) in [6, 6.07) is 10.9. The van der Waals surface area contributed by atoms with E-state index in [0.29, 0.717) is 28.6 Å². The molecule has 2 aromatic rings. The maximum atomic E-state index is 12.6. The van der Waals surface area contributed by atoms with Crippen LogP contribution in [0.1, 0.15) is 30.5 Å². The van der Waals surface area contributed by atoms with Gasteiger partial charge in [0.05, 0.1) is 6.61 Å². The van der Waals surface area contributed by atoms with E-state index in [1.54, 1.807) is 25.1 Å². The van der Waals surface area contributed by atoms with Crippen molar-refractivity contribution in [3.63, 3.8) is 0 Å². The SMILES string of the molecule is CCOc1cc2c(cc1/C=C(\C#N)C(=O)Nc1cccc(Cl)c1C)O[C@@H](C)C2. The van der Waals surface area contributed by atoms with Crippen LogP contribution in [-0.4, -0.2) is 18.6 Å². The molecule has 0 spiro atoms. The number of nitrogens with one attached hydrogen (secondary N) is 1. The molecule has 0 aromatic heterocycles. The molecule has 1 amide bonds. The number of hydrogen-bond donors (Lipinski definition) is 1. The van der Waals surface area contributed by atoms with E-state index in [-0.39, 0.29) is 11.7 Å². The Morgan fingerprint density at radius 2 is 2.25 bits per heavy atom. The molecular weight excluding hydrogens is 376 g/mol. The smallest absolute Gasteiger partial charge is 0.266 e. The molecule has 0 bridgehead atoms. The first kappa shape index (κ1) is 19.8. The molecule has 6 heteroatoms. The second kappa shape index (κ2) is 8.37. The Kier molecular flexibility index (Phi) is 5.91. The van der Waals surface area contributed by atoms with Gasteiger partial charge in [-0.05, 0) is 56.7 Å². The average molecular weight is 397 g/mol. The summed E-state index contributed by atoms with van der Waals surface area (Å²) >= 11 is 6.10. The van der Waals surface area contributed by atoms with Crippen molar-refractivity contribution < 1.29 is 14.3 Å². The molecule has 5 nitrogen and oxygen atoms in total. The molecule has 1 atom stereocenters. The Bertz CT molecular complexity index is 992. The molecule has 2 aromatic carbocycles. The summed E-state index contributed by atoms with van der Waals surface area (Å²) in [4.78, 5) is 12.6. The number of amides is 1. The number of halogens is 1. The Balaban J connectivity index is 1.94. The van der Waals surface area contributed by atoms with Crippen LogP contribution in [0.2, 0.25) is 5.02 Å². The molecule has 0 unspecified atom stereocenters. The van der Waals surface area contributed by atoms with Crippen molar-refractivity contribution in [2.45, 2.75) is 33.3 Å². The predicted molar refractivity (Wildman–Crippen MR) is 110 cm³/mol. The fourth-order valence-corrected chi connectivity index (χ4v) is 3.26. The Labute approximate surface area is 169 Å². The number of nitriles is 1. The van der Waals surface area contributed by atoms with Gasteiger partial charge in [0.15, 0.2) is 0 Å². The summed E-state index contributed by atoms with van der Waals surface area (Å²) < 4.78 is 11.5. The van der Waals surface area contributed by atoms with Crippen molar-refractivity contribution in [3.8, 4) is 17.6 Å². The van der Waals surface area contributed by atoms with Gasteiger partial charge in [0, 0.05) is 28.3 Å². The van der Waals surface area contributed by atoms with Crippen LogP contribution >= 0.6 is 11.6 Å². The van der Waals surface area contributed by atoms with Gasteiger partial charge in [-0.1, -0.05) is 17.7 Å². The third-order valence-electron chi connectivity index (χ3n) is 4.51. The minimum atomic E-state index is -0.509. The molecule has 1 aliphatic rings. The number of carbonyl (C=O) groups is 1. The topological polar surface area (TPSA) is 71.3 Å². The van der Waals surface area contributed by atoms with Gasteiger partial charge in [0.25, 0.3) is 5.91 Å². The molecule has 1 aliphatic heterocycles. The number of fused-ring (bicyclic) bond motifs is 1. The van der Waals surface area contributed by atoms with Gasteiger partial charge in [-0.3, -0.25) is 4.79 Å². The highest BCUT2D eigenvalue weighted by molar-refractivity contribution is 6.31. The monoisotopic (exact) mass is 396 g/mol. The first-order chi connectivity index (χ1) is 13.4. The molecule has 0 saturated heterocycles. The van der Waals surface area contributed by atoms with Crippen LogP contribution in [0.5, 0.6) is 11.5 Å². The van der Waals surface area contributed by atoms with Crippen LogP contribution in [0.25, 0.3) is 6.08 Å². The van der Waals surface area contributed by atoms with Gasteiger partial charge in [-0.15, -0.1) is 0 Å². The molecule has 3 rings (SSSR count). The number of carbonyl (C=O) groups excluding carboxylic acids is 1. The lowest BCUT2D eigenvalue weighted by Gasteiger charge is -2.11. The molecule has 0 aliphatic carbocycles. The zero-order chi connectivity index (χ0) is 20.3. The van der Waals surface area contributed by atoms with Gasteiger partial charge in [0.1, 0.15) is 29.2 Å². The third-order valence-corrected chi connectivity index (χ3v) is 4.92. The molecule has 1 heterocycles. The minimum absolute atomic E-state index is 0.0358. The first-order valence-corrected chi connectivity index (χ1v) is 9.45. The number of hydrogen-bond acceptors (Lipinski definition) is 4. The van der Waals surface area contributed by atoms with Gasteiger partial charge in [0.2, 0.25) is 0 Å². The van der Waals surface area contributed by atoms with E-state index in [4.69, 9.17) is 21.1 Å². The van der Waals surface area contributed by atoms with Crippen LogP contribution in [-0.2, 0) is 11.2 Å². The number of anilines is 1. The quantitative estimate of drug-likeness (QED) is 0.575. The maximum absolute atomic E-state index is 12.6. The number of nitrogens with zero attached hydrogens (tertiary/aromatic N) is 1. The zero-order valence-corrected chi connectivity index (χ0v) is 16.8. The van der Waals surface area contributed by atoms with E-state index < -0.39 is 5.91 Å². The van der Waals surface area contributed by atoms with Gasteiger partial charge < -0.3 is 14.8 Å². The van der Waals surface area contributed by atoms with Gasteiger partial charge >= 0.3 is 0 Å². The fourth-order valence-electron chi connectivity index (χ4n) is 3.09. The third kappa shape index (κ3) is 4.13. The maximum Gasteiger partial charge on any atom is 0.266 e. The molecule has 0 saturated carbocycles. The summed E-state index contributed by atoms with van der Waals surface area (Å²) in [7, 11) is 0. The number of rotatable bonds is 5. The lowest BCUT2D eigenvalue weighted by atomic mass is 10.0. The standard InChI is InChI=1S/C22H21ClN2O3/c1-4-27-20-10-15-8-13(2)28-21(15)11-16(20)9-17(12-24)22(26)25-19-7-5-6-18(23)14(19)3/h5-7,9-11,13H,4,8H2,1-3H3,(H,25,26)/b17-9+/t13-/m0/s1. The van der Waals surface area contributed by atoms with E-state index in [1.165, 1.54) is 6.08 Å². The van der Waals surface area contributed by atoms with Gasteiger partial charge in [-0.2, -0.15) is 5.26 Å². The van der Waals surface area contributed by atoms with Crippen LogP contribution in [0.15, 0.2) is 35.9 Å². The minimum Gasteiger partial charge on any atom is -0.493 e. The van der Waals surface area contributed by atoms with Crippen molar-refractivity contribution >= 4 is 29.3 Å². The molecule has 0 fully saturated rings. The van der Waals surface area contributed by atoms with E-state index >= 15 is 0 Å². The van der Waals surface area contributed by atoms with E-state index in [2.05, 4.69) is 5.32 Å². The highest BCUT2D eigenvalue weighted by Crippen LogP contribution is 2.36. The first-order valence-electron chi connectivity index (χ1n) is 9.07. The van der Waals surface area contributed by atoms with Crippen molar-refractivity contribution in [1.29, 1.82) is 5.26 Å². The van der Waals surface area contributed by atoms with E-state index in [1.807, 2.05) is 32.0 Å². The van der Waals surface area contributed by atoms with Crippen molar-refractivity contribution in [1.82, 2.24) is 0 Å². The van der Waals surface area contributed by atoms with Crippen molar-refractivity contribution in [3.05, 3.63) is 57.6 Å². The largest absolute Gasteiger partial charge is 0.493 e. The summed E-state index contributed by atoms with van der Waals surface area (Å²) in [5.41, 5.74) is 2.96. The zero-order valence-electron chi connectivity index (χ0n) is 16.0. The van der Waals surface area contributed by atoms with E-state index in [9.17, 15) is 10.1 Å². The predicted octanol–water partition coefficient (Wildman–Crippen LogP) is 4.92. The van der Waals surface area contributed by atoms with Crippen LogP contribution < -0.4 is 14.8 Å². The average Bonchev–Trinajstić information content (AvgIpc) is 3.02. The normalized spacial score (nSPS) is 15.4. The summed E-state index contributed by atoms with van der Waals surface area (Å²) in [5, 5.41) is 12.8. The van der Waals surface area contributed by atoms with Gasteiger partial charge in [-0.25, -0.2) is 0 Å². The molecule has 144 valence electrons. The molecule has 0 radical (unpaired) electrons. The number of ether oxygens (including phenoxy) is 2. The Morgan fingerprint density at radius 1 is 1.46 bits per heavy atom. The van der Waals surface area contributed by atoms with Crippen LogP contribution in [0.4, 0.5) is 5.69 Å². The lowest BCUT2D eigenvalue weighted by Crippen LogP contribution is -2.14. The van der Waals surface area contributed by atoms with Crippen molar-refractivity contribution in [2.75, 3.05) is 11.9 Å². The Morgan fingerprint density at radius 3 is 2.96 bits per heavy atom. The fraction of sp³-hybridized carbons (Fsp3) is 0.273. The van der Waals surface area contributed by atoms with E-state index in [0.717, 1.165) is 23.3 Å².